The zero-order chi connectivity index (χ0) is 23.6. The molecule has 6 heteroatoms. The standard InChI is InChI=1S/C27H28N2O4/c1-4-32-25(26(30)33-5-2)18-20-14-16-21(17-15-20)22-10-9-13-24(19-22)29(3)27(31)28-23-11-7-6-8-12-23/h6-19H,4-5H2,1-3H3,(H,28,31). The van der Waals surface area contributed by atoms with Crippen LogP contribution in [0.15, 0.2) is 84.6 Å². The summed E-state index contributed by atoms with van der Waals surface area (Å²) in [6.07, 6.45) is 1.67. The van der Waals surface area contributed by atoms with Gasteiger partial charge in [-0.15, -0.1) is 0 Å². The summed E-state index contributed by atoms with van der Waals surface area (Å²) >= 11 is 0. The predicted octanol–water partition coefficient (Wildman–Crippen LogP) is 5.96. The van der Waals surface area contributed by atoms with E-state index in [1.807, 2.05) is 85.8 Å². The van der Waals surface area contributed by atoms with Crippen LogP contribution in [0.4, 0.5) is 16.2 Å². The van der Waals surface area contributed by atoms with Crippen LogP contribution in [0.1, 0.15) is 19.4 Å². The molecule has 0 aliphatic carbocycles. The van der Waals surface area contributed by atoms with E-state index in [4.69, 9.17) is 9.47 Å². The minimum atomic E-state index is -0.479. The molecular formula is C27H28N2O4. The van der Waals surface area contributed by atoms with E-state index in [1.165, 1.54) is 0 Å². The van der Waals surface area contributed by atoms with Crippen LogP contribution in [-0.2, 0) is 14.3 Å². The normalized spacial score (nSPS) is 10.9. The van der Waals surface area contributed by atoms with E-state index in [2.05, 4.69) is 5.32 Å². The summed E-state index contributed by atoms with van der Waals surface area (Å²) < 4.78 is 10.5. The van der Waals surface area contributed by atoms with Crippen LogP contribution >= 0.6 is 0 Å². The number of hydrogen-bond donors (Lipinski definition) is 1. The Balaban J connectivity index is 1.76. The highest BCUT2D eigenvalue weighted by Gasteiger charge is 2.13. The van der Waals surface area contributed by atoms with Crippen molar-refractivity contribution in [2.45, 2.75) is 13.8 Å². The number of urea groups is 1. The van der Waals surface area contributed by atoms with Gasteiger partial charge in [0.25, 0.3) is 0 Å². The molecule has 0 saturated heterocycles. The van der Waals surface area contributed by atoms with Crippen molar-refractivity contribution in [3.05, 3.63) is 90.2 Å². The first kappa shape index (κ1) is 23.6. The fourth-order valence-corrected chi connectivity index (χ4v) is 3.18. The highest BCUT2D eigenvalue weighted by Crippen LogP contribution is 2.26. The van der Waals surface area contributed by atoms with Gasteiger partial charge >= 0.3 is 12.0 Å². The lowest BCUT2D eigenvalue weighted by Gasteiger charge is -2.19. The number of nitrogens with one attached hydrogen (secondary N) is 1. The number of benzene rings is 3. The van der Waals surface area contributed by atoms with Crippen molar-refractivity contribution >= 4 is 29.5 Å². The molecule has 3 aromatic carbocycles. The summed E-state index contributed by atoms with van der Waals surface area (Å²) in [5, 5.41) is 2.88. The van der Waals surface area contributed by atoms with Gasteiger partial charge in [0.1, 0.15) is 0 Å². The lowest BCUT2D eigenvalue weighted by atomic mass is 10.0. The van der Waals surface area contributed by atoms with E-state index in [0.29, 0.717) is 6.61 Å². The predicted molar refractivity (Wildman–Crippen MR) is 132 cm³/mol. The third-order valence-electron chi connectivity index (χ3n) is 4.88. The molecule has 2 amide bonds. The number of para-hydroxylation sites is 1. The molecule has 0 radical (unpaired) electrons. The van der Waals surface area contributed by atoms with Crippen LogP contribution in [0.25, 0.3) is 17.2 Å². The Labute approximate surface area is 194 Å². The molecule has 0 spiro atoms. The maximum Gasteiger partial charge on any atom is 0.373 e. The van der Waals surface area contributed by atoms with Crippen LogP contribution < -0.4 is 10.2 Å². The van der Waals surface area contributed by atoms with Gasteiger partial charge in [0.15, 0.2) is 0 Å². The maximum absolute atomic E-state index is 12.6. The molecule has 0 saturated carbocycles. The van der Waals surface area contributed by atoms with E-state index < -0.39 is 5.97 Å². The summed E-state index contributed by atoms with van der Waals surface area (Å²) in [6, 6.07) is 24.6. The Kier molecular flexibility index (Phi) is 8.24. The van der Waals surface area contributed by atoms with E-state index in [0.717, 1.165) is 28.1 Å². The second-order valence-electron chi connectivity index (χ2n) is 7.19. The quantitative estimate of drug-likeness (QED) is 0.264. The first-order chi connectivity index (χ1) is 16.0. The average Bonchev–Trinajstić information content (AvgIpc) is 2.84. The first-order valence-electron chi connectivity index (χ1n) is 10.8. The maximum atomic E-state index is 12.6. The largest absolute Gasteiger partial charge is 0.487 e. The van der Waals surface area contributed by atoms with Crippen LogP contribution in [0.3, 0.4) is 0 Å². The number of carbonyl (C=O) groups excluding carboxylic acids is 2. The molecule has 3 aromatic rings. The van der Waals surface area contributed by atoms with E-state index >= 15 is 0 Å². The zero-order valence-corrected chi connectivity index (χ0v) is 19.1. The lowest BCUT2D eigenvalue weighted by Crippen LogP contribution is -2.31. The SMILES string of the molecule is CCOC(=O)C(=Cc1ccc(-c2cccc(N(C)C(=O)Nc3ccccc3)c2)cc1)OCC. The van der Waals surface area contributed by atoms with Gasteiger partial charge in [-0.05, 0) is 60.9 Å². The fourth-order valence-electron chi connectivity index (χ4n) is 3.18. The van der Waals surface area contributed by atoms with Crippen molar-refractivity contribution in [2.24, 2.45) is 0 Å². The Hall–Kier alpha value is -4.06. The van der Waals surface area contributed by atoms with Gasteiger partial charge in [-0.2, -0.15) is 0 Å². The number of carbonyl (C=O) groups is 2. The van der Waals surface area contributed by atoms with Crippen molar-refractivity contribution in [1.29, 1.82) is 0 Å². The number of hydrogen-bond acceptors (Lipinski definition) is 4. The lowest BCUT2D eigenvalue weighted by molar-refractivity contribution is -0.142. The molecule has 0 aromatic heterocycles. The van der Waals surface area contributed by atoms with Gasteiger partial charge in [-0.1, -0.05) is 54.6 Å². The fraction of sp³-hybridized carbons (Fsp3) is 0.185. The summed E-state index contributed by atoms with van der Waals surface area (Å²) in [4.78, 5) is 26.2. The van der Waals surface area contributed by atoms with Crippen molar-refractivity contribution in [3.63, 3.8) is 0 Å². The molecule has 6 nitrogen and oxygen atoms in total. The highest BCUT2D eigenvalue weighted by atomic mass is 16.6. The zero-order valence-electron chi connectivity index (χ0n) is 19.1. The van der Waals surface area contributed by atoms with Crippen molar-refractivity contribution in [3.8, 4) is 11.1 Å². The number of anilines is 2. The minimum absolute atomic E-state index is 0.181. The molecule has 1 N–H and O–H groups in total. The van der Waals surface area contributed by atoms with Gasteiger partial charge in [0.2, 0.25) is 5.76 Å². The molecule has 170 valence electrons. The number of rotatable bonds is 8. The molecule has 3 rings (SSSR count). The molecule has 0 fully saturated rings. The van der Waals surface area contributed by atoms with Gasteiger partial charge in [0.05, 0.1) is 13.2 Å². The molecule has 33 heavy (non-hydrogen) atoms. The molecule has 0 heterocycles. The molecule has 0 atom stereocenters. The van der Waals surface area contributed by atoms with Gasteiger partial charge in [-0.3, -0.25) is 4.90 Å². The van der Waals surface area contributed by atoms with Gasteiger partial charge < -0.3 is 14.8 Å². The minimum Gasteiger partial charge on any atom is -0.487 e. The molecule has 0 unspecified atom stereocenters. The van der Waals surface area contributed by atoms with Crippen LogP contribution in [0.2, 0.25) is 0 Å². The second kappa shape index (κ2) is 11.5. The Morgan fingerprint density at radius 3 is 2.21 bits per heavy atom. The first-order valence-corrected chi connectivity index (χ1v) is 10.8. The van der Waals surface area contributed by atoms with E-state index in [9.17, 15) is 9.59 Å². The smallest absolute Gasteiger partial charge is 0.373 e. The third-order valence-corrected chi connectivity index (χ3v) is 4.88. The van der Waals surface area contributed by atoms with Crippen LogP contribution in [0, 0.1) is 0 Å². The van der Waals surface area contributed by atoms with Gasteiger partial charge in [-0.25, -0.2) is 9.59 Å². The molecule has 0 aliphatic heterocycles. The van der Waals surface area contributed by atoms with Crippen LogP contribution in [0.5, 0.6) is 0 Å². The third kappa shape index (κ3) is 6.46. The summed E-state index contributed by atoms with van der Waals surface area (Å²) in [6.45, 7) is 4.24. The molecular weight excluding hydrogens is 416 g/mol. The monoisotopic (exact) mass is 444 g/mol. The number of ether oxygens (including phenoxy) is 2. The Morgan fingerprint density at radius 2 is 1.55 bits per heavy atom. The summed E-state index contributed by atoms with van der Waals surface area (Å²) in [5.74, 6) is -0.298. The van der Waals surface area contributed by atoms with Crippen molar-refractivity contribution < 1.29 is 19.1 Å². The van der Waals surface area contributed by atoms with E-state index in [1.54, 1.807) is 24.9 Å². The molecule has 0 aliphatic rings. The van der Waals surface area contributed by atoms with E-state index in [-0.39, 0.29) is 18.4 Å². The summed E-state index contributed by atoms with van der Waals surface area (Å²) in [5.41, 5.74) is 4.29. The van der Waals surface area contributed by atoms with Crippen molar-refractivity contribution in [2.75, 3.05) is 30.5 Å². The Morgan fingerprint density at radius 1 is 0.848 bits per heavy atom. The number of amides is 2. The van der Waals surface area contributed by atoms with Crippen LogP contribution in [-0.4, -0.2) is 32.3 Å². The topological polar surface area (TPSA) is 67.9 Å². The average molecular weight is 445 g/mol. The second-order valence-corrected chi connectivity index (χ2v) is 7.19. The Bertz CT molecular complexity index is 1110. The summed E-state index contributed by atoms with van der Waals surface area (Å²) in [7, 11) is 1.73. The molecule has 0 bridgehead atoms. The number of nitrogens with zero attached hydrogens (tertiary/aromatic N) is 1. The highest BCUT2D eigenvalue weighted by molar-refractivity contribution is 6.01. The van der Waals surface area contributed by atoms with Crippen molar-refractivity contribution in [1.82, 2.24) is 0 Å². The number of esters is 1. The van der Waals surface area contributed by atoms with Gasteiger partial charge in [0, 0.05) is 18.4 Å².